The first-order valence-corrected chi connectivity index (χ1v) is 7.66. The van der Waals surface area contributed by atoms with Gasteiger partial charge in [-0.2, -0.15) is 0 Å². The van der Waals surface area contributed by atoms with Gasteiger partial charge < -0.3 is 10.1 Å². The van der Waals surface area contributed by atoms with E-state index in [0.29, 0.717) is 6.54 Å². The van der Waals surface area contributed by atoms with Crippen LogP contribution >= 0.6 is 0 Å². The molecule has 1 aromatic carbocycles. The number of hydrogen-bond acceptors (Lipinski definition) is 2. The van der Waals surface area contributed by atoms with Gasteiger partial charge in [0.15, 0.2) is 0 Å². The Morgan fingerprint density at radius 2 is 2.24 bits per heavy atom. The Morgan fingerprint density at radius 3 is 2.95 bits per heavy atom. The third kappa shape index (κ3) is 2.44. The molecule has 0 spiro atoms. The van der Waals surface area contributed by atoms with Gasteiger partial charge in [0.2, 0.25) is 0 Å². The highest BCUT2D eigenvalue weighted by molar-refractivity contribution is 5.86. The quantitative estimate of drug-likeness (QED) is 0.908. The Bertz CT molecular complexity index is 662. The monoisotopic (exact) mass is 286 g/mol. The molecule has 2 atom stereocenters. The molecule has 2 heterocycles. The molecule has 1 aliphatic heterocycles. The molecular formula is C17H22N2O2. The molecule has 0 saturated carbocycles. The summed E-state index contributed by atoms with van der Waals surface area (Å²) in [6.45, 7) is 5.74. The lowest BCUT2D eigenvalue weighted by molar-refractivity contribution is -0.143. The predicted octanol–water partition coefficient (Wildman–Crippen LogP) is 3.03. The van der Waals surface area contributed by atoms with Crippen LogP contribution < -0.4 is 0 Å². The number of aliphatic carboxylic acids is 1. The van der Waals surface area contributed by atoms with E-state index in [-0.39, 0.29) is 12.0 Å². The number of aromatic amines is 1. The van der Waals surface area contributed by atoms with Gasteiger partial charge in [-0.05, 0) is 36.4 Å². The summed E-state index contributed by atoms with van der Waals surface area (Å²) < 4.78 is 0. The second-order valence-electron chi connectivity index (χ2n) is 6.03. The van der Waals surface area contributed by atoms with E-state index in [9.17, 15) is 9.90 Å². The molecule has 3 rings (SSSR count). The number of likely N-dealkylation sites (tertiary alicyclic amines) is 1. The number of aryl methyl sites for hydroxylation is 1. The number of nitrogens with zero attached hydrogens (tertiary/aromatic N) is 1. The second kappa shape index (κ2) is 5.53. The Labute approximate surface area is 124 Å². The van der Waals surface area contributed by atoms with Crippen LogP contribution in [0, 0.1) is 5.92 Å². The first-order chi connectivity index (χ1) is 10.1. The lowest BCUT2D eigenvalue weighted by Gasteiger charge is -2.22. The van der Waals surface area contributed by atoms with Gasteiger partial charge in [-0.25, -0.2) is 0 Å². The van der Waals surface area contributed by atoms with Gasteiger partial charge in [-0.1, -0.05) is 32.0 Å². The lowest BCUT2D eigenvalue weighted by Crippen LogP contribution is -2.38. The molecular weight excluding hydrogens is 264 g/mol. The molecule has 1 fully saturated rings. The Balaban J connectivity index is 1.90. The molecule has 0 radical (unpaired) electrons. The highest BCUT2D eigenvalue weighted by atomic mass is 16.4. The van der Waals surface area contributed by atoms with E-state index in [1.165, 1.54) is 22.0 Å². The third-order valence-electron chi connectivity index (χ3n) is 4.70. The van der Waals surface area contributed by atoms with E-state index < -0.39 is 5.97 Å². The number of nitrogens with one attached hydrogen (secondary N) is 1. The van der Waals surface area contributed by atoms with Crippen molar-refractivity contribution in [3.63, 3.8) is 0 Å². The van der Waals surface area contributed by atoms with Crippen LogP contribution in [0.3, 0.4) is 0 Å². The summed E-state index contributed by atoms with van der Waals surface area (Å²) in [6, 6.07) is 5.99. The van der Waals surface area contributed by atoms with Crippen LogP contribution in [0.4, 0.5) is 0 Å². The fourth-order valence-electron chi connectivity index (χ4n) is 3.52. The summed E-state index contributed by atoms with van der Waals surface area (Å²) in [5.41, 5.74) is 3.69. The van der Waals surface area contributed by atoms with Crippen molar-refractivity contribution in [3.8, 4) is 0 Å². The van der Waals surface area contributed by atoms with E-state index in [2.05, 4.69) is 35.0 Å². The minimum Gasteiger partial charge on any atom is -0.480 e. The first kappa shape index (κ1) is 14.1. The largest absolute Gasteiger partial charge is 0.480 e. The zero-order valence-electron chi connectivity index (χ0n) is 12.6. The Morgan fingerprint density at radius 1 is 1.43 bits per heavy atom. The summed E-state index contributed by atoms with van der Waals surface area (Å²) in [5.74, 6) is -0.479. The van der Waals surface area contributed by atoms with Crippen LogP contribution in [0.1, 0.15) is 31.4 Å². The van der Waals surface area contributed by atoms with Gasteiger partial charge in [0.1, 0.15) is 6.04 Å². The normalized spacial score (nSPS) is 23.0. The van der Waals surface area contributed by atoms with E-state index in [1.807, 2.05) is 13.1 Å². The van der Waals surface area contributed by atoms with E-state index in [1.54, 1.807) is 0 Å². The highest BCUT2D eigenvalue weighted by Crippen LogP contribution is 2.29. The van der Waals surface area contributed by atoms with Crippen LogP contribution in [0.25, 0.3) is 10.9 Å². The van der Waals surface area contributed by atoms with E-state index >= 15 is 0 Å². The van der Waals surface area contributed by atoms with Crippen molar-refractivity contribution in [2.45, 2.75) is 39.3 Å². The minimum absolute atomic E-state index is 0.221. The minimum atomic E-state index is -0.700. The molecule has 21 heavy (non-hydrogen) atoms. The number of hydrogen-bond donors (Lipinski definition) is 2. The molecule has 1 saturated heterocycles. The molecule has 4 nitrogen and oxygen atoms in total. The number of fused-ring (bicyclic) bond motifs is 1. The standard InChI is InChI=1S/C17H22N2O2/c1-3-12-5-4-6-14-13(9-18-15(12)14)10-19-8-7-11(2)16(19)17(20)21/h4-6,9,11,16,18H,3,7-8,10H2,1-2H3,(H,20,21). The molecule has 2 N–H and O–H groups in total. The van der Waals surface area contributed by atoms with Crippen molar-refractivity contribution < 1.29 is 9.90 Å². The summed E-state index contributed by atoms with van der Waals surface area (Å²) in [7, 11) is 0. The van der Waals surface area contributed by atoms with Crippen LogP contribution in [0.2, 0.25) is 0 Å². The van der Waals surface area contributed by atoms with Crippen LogP contribution in [-0.4, -0.2) is 33.5 Å². The highest BCUT2D eigenvalue weighted by Gasteiger charge is 2.36. The zero-order valence-corrected chi connectivity index (χ0v) is 12.6. The maximum Gasteiger partial charge on any atom is 0.321 e. The molecule has 0 aliphatic carbocycles. The van der Waals surface area contributed by atoms with Crippen LogP contribution in [0.5, 0.6) is 0 Å². The topological polar surface area (TPSA) is 56.3 Å². The van der Waals surface area contributed by atoms with Crippen molar-refractivity contribution in [1.82, 2.24) is 9.88 Å². The molecule has 0 bridgehead atoms. The second-order valence-corrected chi connectivity index (χ2v) is 6.03. The Kier molecular flexibility index (Phi) is 3.72. The molecule has 1 aliphatic rings. The van der Waals surface area contributed by atoms with Crippen molar-refractivity contribution in [2.75, 3.05) is 6.54 Å². The molecule has 2 unspecified atom stereocenters. The van der Waals surface area contributed by atoms with Gasteiger partial charge in [0.05, 0.1) is 0 Å². The summed E-state index contributed by atoms with van der Waals surface area (Å²) >= 11 is 0. The number of rotatable bonds is 4. The molecule has 112 valence electrons. The van der Waals surface area contributed by atoms with Gasteiger partial charge in [0.25, 0.3) is 0 Å². The zero-order chi connectivity index (χ0) is 15.0. The number of benzene rings is 1. The molecule has 0 amide bonds. The third-order valence-corrected chi connectivity index (χ3v) is 4.70. The van der Waals surface area contributed by atoms with Gasteiger partial charge >= 0.3 is 5.97 Å². The summed E-state index contributed by atoms with van der Waals surface area (Å²) in [5, 5.41) is 10.6. The maximum atomic E-state index is 11.5. The molecule has 4 heteroatoms. The first-order valence-electron chi connectivity index (χ1n) is 7.66. The maximum absolute atomic E-state index is 11.5. The molecule has 2 aromatic rings. The van der Waals surface area contributed by atoms with Crippen molar-refractivity contribution in [1.29, 1.82) is 0 Å². The fraction of sp³-hybridized carbons (Fsp3) is 0.471. The summed E-state index contributed by atoms with van der Waals surface area (Å²) in [4.78, 5) is 16.9. The molecule has 1 aromatic heterocycles. The number of carboxylic acids is 1. The average molecular weight is 286 g/mol. The Hall–Kier alpha value is -1.81. The van der Waals surface area contributed by atoms with Crippen molar-refractivity contribution in [3.05, 3.63) is 35.5 Å². The average Bonchev–Trinajstić information content (AvgIpc) is 3.03. The smallest absolute Gasteiger partial charge is 0.321 e. The lowest BCUT2D eigenvalue weighted by atomic mass is 10.0. The van der Waals surface area contributed by atoms with Gasteiger partial charge in [-0.3, -0.25) is 9.69 Å². The fourth-order valence-corrected chi connectivity index (χ4v) is 3.52. The van der Waals surface area contributed by atoms with Crippen molar-refractivity contribution >= 4 is 16.9 Å². The number of para-hydroxylation sites is 1. The number of carbonyl (C=O) groups is 1. The van der Waals surface area contributed by atoms with E-state index in [4.69, 9.17) is 0 Å². The van der Waals surface area contributed by atoms with Crippen LogP contribution in [-0.2, 0) is 17.8 Å². The van der Waals surface area contributed by atoms with Gasteiger partial charge in [-0.15, -0.1) is 0 Å². The van der Waals surface area contributed by atoms with E-state index in [0.717, 1.165) is 19.4 Å². The summed E-state index contributed by atoms with van der Waals surface area (Å²) in [6.07, 6.45) is 3.99. The number of carboxylic acid groups (broad SMARTS) is 1. The van der Waals surface area contributed by atoms with Crippen molar-refractivity contribution in [2.24, 2.45) is 5.92 Å². The predicted molar refractivity (Wildman–Crippen MR) is 83.3 cm³/mol. The number of aromatic nitrogens is 1. The van der Waals surface area contributed by atoms with Gasteiger partial charge in [0, 0.05) is 23.6 Å². The number of H-pyrrole nitrogens is 1. The van der Waals surface area contributed by atoms with Crippen LogP contribution in [0.15, 0.2) is 24.4 Å². The SMILES string of the molecule is CCc1cccc2c(CN3CCC(C)C3C(=O)O)c[nH]c12.